The first kappa shape index (κ1) is 18.2. The first-order valence-electron chi connectivity index (χ1n) is 4.24. The average Bonchev–Trinajstić information content (AvgIpc) is 1.77. The third-order valence-corrected chi connectivity index (χ3v) is 2.08. The van der Waals surface area contributed by atoms with Crippen LogP contribution in [0.15, 0.2) is 0 Å². The van der Waals surface area contributed by atoms with Crippen molar-refractivity contribution in [3.63, 3.8) is 0 Å². The molecule has 0 rings (SSSR count). The molecule has 0 bridgehead atoms. The van der Waals surface area contributed by atoms with Crippen LogP contribution in [-0.2, 0) is 10.1 Å². The van der Waals surface area contributed by atoms with E-state index in [0.717, 1.165) is 0 Å². The summed E-state index contributed by atoms with van der Waals surface area (Å²) >= 11 is 0. The van der Waals surface area contributed by atoms with Crippen LogP contribution in [0.1, 0.15) is 13.8 Å². The van der Waals surface area contributed by atoms with Crippen LogP contribution in [-0.4, -0.2) is 88.8 Å². The van der Waals surface area contributed by atoms with Crippen molar-refractivity contribution in [3.05, 3.63) is 0 Å². The Kier molecular flexibility index (Phi) is 9.65. The number of hydrogen-bond donors (Lipinski definition) is 3. The van der Waals surface area contributed by atoms with Crippen LogP contribution in [0.4, 0.5) is 0 Å². The van der Waals surface area contributed by atoms with Crippen molar-refractivity contribution in [2.24, 2.45) is 0 Å². The molecule has 0 aromatic rings. The van der Waals surface area contributed by atoms with Gasteiger partial charge in [-0.1, -0.05) is 0 Å². The summed E-state index contributed by atoms with van der Waals surface area (Å²) in [5.74, 6) is -0.581. The molecule has 0 saturated carbocycles. The molecular formula is C7H18NNaO5S. The zero-order chi connectivity index (χ0) is 11.4. The van der Waals surface area contributed by atoms with Crippen molar-refractivity contribution in [1.29, 1.82) is 0 Å². The fourth-order valence-corrected chi connectivity index (χ4v) is 1.83. The molecule has 0 aliphatic rings. The molecule has 8 heteroatoms. The van der Waals surface area contributed by atoms with Crippen molar-refractivity contribution in [2.45, 2.75) is 26.1 Å². The van der Waals surface area contributed by atoms with Crippen molar-refractivity contribution in [2.75, 3.05) is 19.0 Å². The summed E-state index contributed by atoms with van der Waals surface area (Å²) in [7, 11) is -4.11. The molecule has 0 fully saturated rings. The van der Waals surface area contributed by atoms with Gasteiger partial charge in [0.25, 0.3) is 10.1 Å². The predicted molar refractivity (Wildman–Crippen MR) is 58.5 cm³/mol. The zero-order valence-electron chi connectivity index (χ0n) is 8.29. The van der Waals surface area contributed by atoms with Crippen LogP contribution < -0.4 is 0 Å². The molecule has 0 aliphatic carbocycles. The molecule has 0 saturated heterocycles. The van der Waals surface area contributed by atoms with Gasteiger partial charge in [0.2, 0.25) is 0 Å². The van der Waals surface area contributed by atoms with E-state index in [4.69, 9.17) is 14.8 Å². The van der Waals surface area contributed by atoms with Crippen molar-refractivity contribution in [1.82, 2.24) is 4.90 Å². The maximum atomic E-state index is 10.6. The summed E-state index contributed by atoms with van der Waals surface area (Å²) in [5, 5.41) is 18.1. The molecule has 0 aromatic carbocycles. The van der Waals surface area contributed by atoms with Gasteiger partial charge >= 0.3 is 29.6 Å². The van der Waals surface area contributed by atoms with E-state index in [1.165, 1.54) is 18.7 Å². The van der Waals surface area contributed by atoms with E-state index in [-0.39, 0.29) is 42.6 Å². The number of hydrogen-bond acceptors (Lipinski definition) is 5. The summed E-state index contributed by atoms with van der Waals surface area (Å²) in [6.07, 6.45) is -1.43. The molecular weight excluding hydrogens is 233 g/mol. The molecule has 6 nitrogen and oxygen atoms in total. The average molecular weight is 251 g/mol. The molecule has 2 atom stereocenters. The van der Waals surface area contributed by atoms with Crippen LogP contribution in [0.5, 0.6) is 0 Å². The first-order valence-corrected chi connectivity index (χ1v) is 5.85. The molecule has 2 unspecified atom stereocenters. The van der Waals surface area contributed by atoms with E-state index < -0.39 is 28.2 Å². The van der Waals surface area contributed by atoms with E-state index in [1.807, 2.05) is 0 Å². The number of aliphatic hydroxyl groups excluding tert-OH is 2. The van der Waals surface area contributed by atoms with E-state index in [1.54, 1.807) is 0 Å². The minimum absolute atomic E-state index is 0. The van der Waals surface area contributed by atoms with E-state index >= 15 is 0 Å². The predicted octanol–water partition coefficient (Wildman–Crippen LogP) is -1.75. The van der Waals surface area contributed by atoms with Gasteiger partial charge in [0.15, 0.2) is 0 Å². The SMILES string of the molecule is CC(O)CN(CC(C)O)CS(=O)(=O)O.[NaH]. The third kappa shape index (κ3) is 12.7. The number of nitrogens with zero attached hydrogens (tertiary/aromatic N) is 1. The quantitative estimate of drug-likeness (QED) is 0.382. The minimum atomic E-state index is -4.11. The van der Waals surface area contributed by atoms with Gasteiger partial charge in [-0.05, 0) is 13.8 Å². The second kappa shape index (κ2) is 7.97. The summed E-state index contributed by atoms with van der Waals surface area (Å²) in [6, 6.07) is 0. The molecule has 0 heterocycles. The monoisotopic (exact) mass is 251 g/mol. The summed E-state index contributed by atoms with van der Waals surface area (Å²) in [6.45, 7) is 3.17. The second-order valence-electron chi connectivity index (χ2n) is 3.45. The fraction of sp³-hybridized carbons (Fsp3) is 1.00. The van der Waals surface area contributed by atoms with Crippen LogP contribution in [0.3, 0.4) is 0 Å². The van der Waals surface area contributed by atoms with Crippen molar-refractivity contribution >= 4 is 39.7 Å². The van der Waals surface area contributed by atoms with Gasteiger partial charge < -0.3 is 10.2 Å². The van der Waals surface area contributed by atoms with Gasteiger partial charge in [-0.25, -0.2) is 0 Å². The van der Waals surface area contributed by atoms with Gasteiger partial charge in [-0.2, -0.15) is 8.42 Å². The molecule has 0 amide bonds. The van der Waals surface area contributed by atoms with Gasteiger partial charge in [0, 0.05) is 13.1 Å². The first-order chi connectivity index (χ1) is 6.20. The third-order valence-electron chi connectivity index (χ3n) is 1.39. The Hall–Kier alpha value is 0.790. The Balaban J connectivity index is 0. The standard InChI is InChI=1S/C7H17NO5S.Na.H/c1-6(9)3-8(4-7(2)10)5-14(11,12)13;;/h6-7,9-10H,3-5H2,1-2H3,(H,11,12,13);;. The van der Waals surface area contributed by atoms with Crippen LogP contribution in [0, 0.1) is 0 Å². The summed E-state index contributed by atoms with van der Waals surface area (Å²) < 4.78 is 29.7. The zero-order valence-corrected chi connectivity index (χ0v) is 9.11. The fourth-order valence-electron chi connectivity index (χ4n) is 1.16. The van der Waals surface area contributed by atoms with Gasteiger partial charge in [-0.15, -0.1) is 0 Å². The van der Waals surface area contributed by atoms with Gasteiger partial charge in [0.05, 0.1) is 12.2 Å². The van der Waals surface area contributed by atoms with Crippen LogP contribution >= 0.6 is 0 Å². The second-order valence-corrected chi connectivity index (χ2v) is 4.87. The van der Waals surface area contributed by atoms with E-state index in [0.29, 0.717) is 0 Å². The Morgan fingerprint density at radius 1 is 1.13 bits per heavy atom. The summed E-state index contributed by atoms with van der Waals surface area (Å²) in [4.78, 5) is 1.27. The molecule has 0 aliphatic heterocycles. The molecule has 3 N–H and O–H groups in total. The topological polar surface area (TPSA) is 98.1 Å². The maximum absolute atomic E-state index is 10.6. The number of aliphatic hydroxyl groups is 2. The summed E-state index contributed by atoms with van der Waals surface area (Å²) in [5.41, 5.74) is 0. The Morgan fingerprint density at radius 3 is 1.67 bits per heavy atom. The van der Waals surface area contributed by atoms with Gasteiger partial charge in [-0.3, -0.25) is 9.45 Å². The Bertz CT molecular complexity index is 244. The molecule has 15 heavy (non-hydrogen) atoms. The normalized spacial score (nSPS) is 15.9. The number of rotatable bonds is 6. The molecule has 0 aromatic heterocycles. The van der Waals surface area contributed by atoms with Crippen molar-refractivity contribution in [3.8, 4) is 0 Å². The molecule has 0 spiro atoms. The molecule has 88 valence electrons. The Morgan fingerprint density at radius 2 is 1.47 bits per heavy atom. The van der Waals surface area contributed by atoms with Gasteiger partial charge in [0.1, 0.15) is 5.88 Å². The molecule has 0 radical (unpaired) electrons. The Labute approximate surface area is 112 Å². The van der Waals surface area contributed by atoms with Crippen molar-refractivity contribution < 1.29 is 23.2 Å². The van der Waals surface area contributed by atoms with Crippen LogP contribution in [0.2, 0.25) is 0 Å². The van der Waals surface area contributed by atoms with E-state index in [2.05, 4.69) is 0 Å². The van der Waals surface area contributed by atoms with Crippen LogP contribution in [0.25, 0.3) is 0 Å². The van der Waals surface area contributed by atoms with E-state index in [9.17, 15) is 8.42 Å².